The molecule has 1 aromatic rings. The average molecular weight is 527 g/mol. The molecule has 10 heteroatoms. The van der Waals surface area contributed by atoms with E-state index in [2.05, 4.69) is 39.3 Å². The normalized spacial score (nSPS) is 11.8. The predicted molar refractivity (Wildman–Crippen MR) is 130 cm³/mol. The molecule has 0 bridgehead atoms. The van der Waals surface area contributed by atoms with E-state index in [9.17, 15) is 5.11 Å². The van der Waals surface area contributed by atoms with Gasteiger partial charge in [-0.15, -0.1) is 0 Å². The lowest BCUT2D eigenvalue weighted by atomic mass is 10.3. The SMILES string of the molecule is C=C(C)COCCC[Si](C)(C)O[Si](C)(C)C.Oc1c(Cl)c(Cl)c(Cl)c(Cl)c1Cl. The fourth-order valence-corrected chi connectivity index (χ4v) is 11.5. The standard InChI is InChI=1S/C12H28O2Si2.C6HCl5O/c1-12(2)11-13-9-8-10-16(6,7)14-15(3,4)5;7-1-2(8)4(10)6(12)5(11)3(1)9/h1,8-11H2,2-7H3;12H. The summed E-state index contributed by atoms with van der Waals surface area (Å²) in [6, 6.07) is 1.19. The molecule has 28 heavy (non-hydrogen) atoms. The molecule has 0 aliphatic rings. The first-order valence-electron chi connectivity index (χ1n) is 8.71. The summed E-state index contributed by atoms with van der Waals surface area (Å²) in [4.78, 5) is 0. The van der Waals surface area contributed by atoms with Crippen molar-refractivity contribution in [3.63, 3.8) is 0 Å². The van der Waals surface area contributed by atoms with Crippen molar-refractivity contribution >= 4 is 74.6 Å². The molecule has 3 nitrogen and oxygen atoms in total. The molecule has 0 aliphatic carbocycles. The van der Waals surface area contributed by atoms with Crippen molar-refractivity contribution in [2.45, 2.75) is 52.1 Å². The number of phenolic OH excluding ortho intramolecular Hbond substituents is 1. The van der Waals surface area contributed by atoms with Gasteiger partial charge in [-0.3, -0.25) is 0 Å². The van der Waals surface area contributed by atoms with Crippen molar-refractivity contribution in [2.24, 2.45) is 0 Å². The van der Waals surface area contributed by atoms with Crippen molar-refractivity contribution in [2.75, 3.05) is 13.2 Å². The molecular weight excluding hydrogens is 498 g/mol. The van der Waals surface area contributed by atoms with Crippen LogP contribution in [0.4, 0.5) is 0 Å². The molecule has 162 valence electrons. The number of rotatable bonds is 8. The Morgan fingerprint density at radius 1 is 0.893 bits per heavy atom. The van der Waals surface area contributed by atoms with Gasteiger partial charge in [0.05, 0.1) is 21.7 Å². The van der Waals surface area contributed by atoms with Gasteiger partial charge in [-0.25, -0.2) is 0 Å². The van der Waals surface area contributed by atoms with Gasteiger partial charge in [-0.1, -0.05) is 70.2 Å². The summed E-state index contributed by atoms with van der Waals surface area (Å²) in [6.45, 7) is 18.7. The minimum Gasteiger partial charge on any atom is -0.505 e. The number of aromatic hydroxyl groups is 1. The lowest BCUT2D eigenvalue weighted by molar-refractivity contribution is 0.156. The van der Waals surface area contributed by atoms with Crippen molar-refractivity contribution in [3.05, 3.63) is 37.3 Å². The van der Waals surface area contributed by atoms with Crippen LogP contribution in [0.1, 0.15) is 13.3 Å². The van der Waals surface area contributed by atoms with E-state index < -0.39 is 16.6 Å². The van der Waals surface area contributed by atoms with E-state index >= 15 is 0 Å². The van der Waals surface area contributed by atoms with Gasteiger partial charge in [-0.2, -0.15) is 0 Å². The second-order valence-corrected chi connectivity index (χ2v) is 19.0. The van der Waals surface area contributed by atoms with Gasteiger partial charge < -0.3 is 14.0 Å². The van der Waals surface area contributed by atoms with Gasteiger partial charge in [0.2, 0.25) is 0 Å². The minimum atomic E-state index is -1.46. The molecule has 1 rings (SSSR count). The van der Waals surface area contributed by atoms with E-state index in [0.29, 0.717) is 6.61 Å². The Hall–Kier alpha value is 0.564. The minimum absolute atomic E-state index is 0.00904. The molecule has 0 heterocycles. The number of ether oxygens (including phenoxy) is 1. The summed E-state index contributed by atoms with van der Waals surface area (Å²) in [5.41, 5.74) is 1.09. The van der Waals surface area contributed by atoms with Crippen LogP contribution in [0.25, 0.3) is 0 Å². The summed E-state index contributed by atoms with van der Waals surface area (Å²) in [5.74, 6) is -0.363. The van der Waals surface area contributed by atoms with E-state index in [1.807, 2.05) is 6.92 Å². The van der Waals surface area contributed by atoms with E-state index in [0.717, 1.165) is 18.6 Å². The molecule has 0 radical (unpaired) electrons. The summed E-state index contributed by atoms with van der Waals surface area (Å²) in [7, 11) is -2.83. The highest BCUT2D eigenvalue weighted by atomic mass is 35.5. The van der Waals surface area contributed by atoms with Crippen LogP contribution in [0.3, 0.4) is 0 Å². The first kappa shape index (κ1) is 28.6. The molecule has 0 saturated heterocycles. The third-order valence-corrected chi connectivity index (χ3v) is 11.7. The highest BCUT2D eigenvalue weighted by molar-refractivity contribution is 6.84. The summed E-state index contributed by atoms with van der Waals surface area (Å²) >= 11 is 27.9. The van der Waals surface area contributed by atoms with Crippen LogP contribution in [0, 0.1) is 0 Å². The number of hydrogen-bond acceptors (Lipinski definition) is 3. The lowest BCUT2D eigenvalue weighted by Crippen LogP contribution is -2.42. The topological polar surface area (TPSA) is 38.7 Å². The van der Waals surface area contributed by atoms with Crippen LogP contribution >= 0.6 is 58.0 Å². The second-order valence-electron chi connectivity index (χ2n) is 8.01. The van der Waals surface area contributed by atoms with Crippen molar-refractivity contribution < 1.29 is 14.0 Å². The molecule has 1 N–H and O–H groups in total. The first-order chi connectivity index (χ1) is 12.6. The fourth-order valence-electron chi connectivity index (χ4n) is 2.32. The molecule has 0 spiro atoms. The maximum absolute atomic E-state index is 9.20. The molecule has 1 aromatic carbocycles. The Bertz CT molecular complexity index is 571. The Balaban J connectivity index is 0.000000540. The molecule has 0 aliphatic heterocycles. The van der Waals surface area contributed by atoms with Crippen LogP contribution in [0.15, 0.2) is 12.2 Å². The zero-order valence-corrected chi connectivity index (χ0v) is 23.0. The van der Waals surface area contributed by atoms with E-state index in [-0.39, 0.29) is 30.9 Å². The van der Waals surface area contributed by atoms with Crippen LogP contribution in [0.5, 0.6) is 5.75 Å². The zero-order valence-electron chi connectivity index (χ0n) is 17.2. The third-order valence-electron chi connectivity index (χ3n) is 3.19. The van der Waals surface area contributed by atoms with Crippen LogP contribution in [-0.2, 0) is 8.85 Å². The second kappa shape index (κ2) is 12.4. The van der Waals surface area contributed by atoms with Gasteiger partial charge in [0, 0.05) is 6.61 Å². The Morgan fingerprint density at radius 3 is 1.71 bits per heavy atom. The Labute approximate surface area is 196 Å². The van der Waals surface area contributed by atoms with E-state index in [1.54, 1.807) is 0 Å². The third kappa shape index (κ3) is 11.1. The summed E-state index contributed by atoms with van der Waals surface area (Å²) in [5, 5.41) is 9.01. The van der Waals surface area contributed by atoms with Gasteiger partial charge in [-0.05, 0) is 52.1 Å². The molecule has 0 saturated carbocycles. The number of phenols is 1. The van der Waals surface area contributed by atoms with Crippen molar-refractivity contribution in [1.29, 1.82) is 0 Å². The smallest absolute Gasteiger partial charge is 0.173 e. The molecule has 0 amide bonds. The maximum atomic E-state index is 9.20. The zero-order chi connectivity index (χ0) is 22.3. The van der Waals surface area contributed by atoms with Gasteiger partial charge in [0.25, 0.3) is 0 Å². The molecule has 0 fully saturated rings. The fraction of sp³-hybridized carbons (Fsp3) is 0.556. The largest absolute Gasteiger partial charge is 0.505 e. The lowest BCUT2D eigenvalue weighted by Gasteiger charge is -2.31. The number of benzene rings is 1. The molecule has 0 aromatic heterocycles. The molecule has 0 unspecified atom stereocenters. The summed E-state index contributed by atoms with van der Waals surface area (Å²) in [6.07, 6.45) is 1.11. The van der Waals surface area contributed by atoms with E-state index in [4.69, 9.17) is 66.9 Å². The van der Waals surface area contributed by atoms with Gasteiger partial charge in [0.1, 0.15) is 10.0 Å². The van der Waals surface area contributed by atoms with Gasteiger partial charge in [0.15, 0.2) is 22.4 Å². The van der Waals surface area contributed by atoms with Crippen molar-refractivity contribution in [3.8, 4) is 5.75 Å². The molecular formula is C18H29Cl5O3Si2. The average Bonchev–Trinajstić information content (AvgIpc) is 2.54. The predicted octanol–water partition coefficient (Wildman–Crippen LogP) is 8.68. The Kier molecular flexibility index (Phi) is 12.7. The van der Waals surface area contributed by atoms with Crippen LogP contribution < -0.4 is 0 Å². The number of hydrogen-bond donors (Lipinski definition) is 1. The van der Waals surface area contributed by atoms with E-state index in [1.165, 1.54) is 6.04 Å². The summed E-state index contributed by atoms with van der Waals surface area (Å²) < 4.78 is 11.8. The van der Waals surface area contributed by atoms with Crippen LogP contribution in [0.2, 0.25) is 63.9 Å². The van der Waals surface area contributed by atoms with Crippen LogP contribution in [-0.4, -0.2) is 35.0 Å². The number of halogens is 5. The van der Waals surface area contributed by atoms with Crippen molar-refractivity contribution in [1.82, 2.24) is 0 Å². The highest BCUT2D eigenvalue weighted by Gasteiger charge is 2.28. The maximum Gasteiger partial charge on any atom is 0.173 e. The molecule has 0 atom stereocenters. The quantitative estimate of drug-likeness (QED) is 0.121. The Morgan fingerprint density at radius 2 is 1.32 bits per heavy atom. The monoisotopic (exact) mass is 524 g/mol. The van der Waals surface area contributed by atoms with Gasteiger partial charge >= 0.3 is 0 Å². The first-order valence-corrected chi connectivity index (χ1v) is 17.1. The highest BCUT2D eigenvalue weighted by Crippen LogP contribution is 2.47.